The fraction of sp³-hybridized carbons (Fsp3) is 0.600. The van der Waals surface area contributed by atoms with Gasteiger partial charge in [-0.1, -0.05) is 28.4 Å². The van der Waals surface area contributed by atoms with Gasteiger partial charge in [-0.2, -0.15) is 0 Å². The number of carbonyl (C=O) groups is 1. The van der Waals surface area contributed by atoms with E-state index in [4.69, 9.17) is 34.8 Å². The quantitative estimate of drug-likeness (QED) is 0.247. The molecule has 0 aromatic carbocycles. The fourth-order valence-electron chi connectivity index (χ4n) is 0.256. The van der Waals surface area contributed by atoms with E-state index in [2.05, 4.69) is 14.7 Å². The van der Waals surface area contributed by atoms with Gasteiger partial charge in [0.2, 0.25) is 0 Å². The predicted molar refractivity (Wildman–Crippen MR) is 47.1 cm³/mol. The summed E-state index contributed by atoms with van der Waals surface area (Å²) in [4.78, 5) is 13.7. The number of carbonyl (C=O) groups excluding carboxylic acids is 1. The zero-order valence-electron chi connectivity index (χ0n) is 6.09. The van der Waals surface area contributed by atoms with Gasteiger partial charge in [0.05, 0.1) is 13.0 Å². The smallest absolute Gasteiger partial charge is 0.436 e. The van der Waals surface area contributed by atoms with Crippen molar-refractivity contribution in [2.24, 2.45) is 5.16 Å². The minimum Gasteiger partial charge on any atom is -0.436 e. The van der Waals surface area contributed by atoms with E-state index in [1.54, 1.807) is 0 Å². The summed E-state index contributed by atoms with van der Waals surface area (Å²) >= 11 is 16.1. The minimum absolute atomic E-state index is 0.0192. The lowest BCUT2D eigenvalue weighted by Gasteiger charge is -2.00. The van der Waals surface area contributed by atoms with Crippen LogP contribution in [0.25, 0.3) is 0 Å². The normalized spacial score (nSPS) is 11.6. The average Bonchev–Trinajstić information content (AvgIpc) is 2.04. The maximum atomic E-state index is 10.4. The molecule has 0 saturated heterocycles. The zero-order chi connectivity index (χ0) is 9.56. The number of methoxy groups -OCH3 is 1. The molecule has 0 saturated carbocycles. The molecule has 4 nitrogen and oxygen atoms in total. The molecule has 0 radical (unpaired) electrons. The van der Waals surface area contributed by atoms with E-state index in [-0.39, 0.29) is 11.6 Å². The number of halogens is 3. The van der Waals surface area contributed by atoms with Crippen LogP contribution in [0.3, 0.4) is 0 Å². The monoisotopic (exact) mass is 233 g/mol. The predicted octanol–water partition coefficient (Wildman–Crippen LogP) is 2.17. The van der Waals surface area contributed by atoms with Crippen molar-refractivity contribution in [1.29, 1.82) is 0 Å². The first-order chi connectivity index (χ1) is 5.61. The largest absolute Gasteiger partial charge is 0.534 e. The lowest BCUT2D eigenvalue weighted by Crippen LogP contribution is -2.12. The molecule has 0 unspecified atom stereocenters. The van der Waals surface area contributed by atoms with Crippen LogP contribution in [0.1, 0.15) is 0 Å². The van der Waals surface area contributed by atoms with Crippen LogP contribution in [0.15, 0.2) is 5.16 Å². The van der Waals surface area contributed by atoms with Crippen molar-refractivity contribution >= 4 is 46.7 Å². The van der Waals surface area contributed by atoms with Crippen LogP contribution in [0.5, 0.6) is 0 Å². The van der Waals surface area contributed by atoms with Crippen molar-refractivity contribution in [2.45, 2.75) is 4.84 Å². The Balaban J connectivity index is 4.03. The Morgan fingerprint density at radius 3 is 2.50 bits per heavy atom. The van der Waals surface area contributed by atoms with Crippen LogP contribution in [0.2, 0.25) is 0 Å². The molecular weight excluding hydrogens is 228 g/mol. The molecule has 70 valence electrons. The first-order valence-corrected chi connectivity index (χ1v) is 4.18. The number of hydrogen-bond donors (Lipinski definition) is 0. The van der Waals surface area contributed by atoms with E-state index in [1.807, 2.05) is 0 Å². The molecule has 0 aromatic rings. The highest BCUT2D eigenvalue weighted by Crippen LogP contribution is 2.06. The van der Waals surface area contributed by atoms with E-state index in [1.165, 1.54) is 0 Å². The van der Waals surface area contributed by atoms with Crippen molar-refractivity contribution in [3.63, 3.8) is 0 Å². The van der Waals surface area contributed by atoms with E-state index >= 15 is 0 Å². The minimum atomic E-state index is -0.952. The van der Waals surface area contributed by atoms with Crippen molar-refractivity contribution in [1.82, 2.24) is 0 Å². The summed E-state index contributed by atoms with van der Waals surface area (Å²) in [7, 11) is 1.15. The molecule has 0 atom stereocenters. The van der Waals surface area contributed by atoms with Crippen LogP contribution in [0.4, 0.5) is 4.79 Å². The van der Waals surface area contributed by atoms with Gasteiger partial charge >= 0.3 is 6.16 Å². The maximum absolute atomic E-state index is 10.4. The van der Waals surface area contributed by atoms with Crippen LogP contribution in [-0.2, 0) is 9.57 Å². The summed E-state index contributed by atoms with van der Waals surface area (Å²) in [5, 5.41) is 3.26. The molecule has 0 aliphatic heterocycles. The highest BCUT2D eigenvalue weighted by atomic mass is 35.5. The molecule has 0 amide bonds. The van der Waals surface area contributed by atoms with Gasteiger partial charge in [-0.05, 0) is 0 Å². The van der Waals surface area contributed by atoms with Gasteiger partial charge in [-0.25, -0.2) is 4.79 Å². The number of ether oxygens (including phenoxy) is 1. The van der Waals surface area contributed by atoms with Crippen molar-refractivity contribution in [2.75, 3.05) is 13.0 Å². The third-order valence-electron chi connectivity index (χ3n) is 0.793. The molecular formula is C5H6Cl3NO3. The van der Waals surface area contributed by atoms with E-state index in [0.717, 1.165) is 7.11 Å². The van der Waals surface area contributed by atoms with Crippen LogP contribution in [-0.4, -0.2) is 29.7 Å². The molecule has 0 rings (SSSR count). The lowest BCUT2D eigenvalue weighted by atomic mass is 10.5. The van der Waals surface area contributed by atoms with Gasteiger partial charge in [0.15, 0.2) is 0 Å². The second-order valence-corrected chi connectivity index (χ2v) is 2.93. The Morgan fingerprint density at radius 2 is 2.17 bits per heavy atom. The van der Waals surface area contributed by atoms with Crippen molar-refractivity contribution < 1.29 is 14.4 Å². The van der Waals surface area contributed by atoms with E-state index in [0.29, 0.717) is 0 Å². The van der Waals surface area contributed by atoms with Gasteiger partial charge in [0.25, 0.3) is 0 Å². The molecule has 0 heterocycles. The van der Waals surface area contributed by atoms with Gasteiger partial charge in [-0.15, -0.1) is 11.6 Å². The average molecular weight is 234 g/mol. The first-order valence-electron chi connectivity index (χ1n) is 2.77. The molecule has 7 heteroatoms. The molecule has 12 heavy (non-hydrogen) atoms. The van der Waals surface area contributed by atoms with Gasteiger partial charge in [-0.3, -0.25) is 4.84 Å². The number of nitrogens with zero attached hydrogens (tertiary/aromatic N) is 1. The highest BCUT2D eigenvalue weighted by Gasteiger charge is 2.10. The number of rotatable bonds is 3. The summed E-state index contributed by atoms with van der Waals surface area (Å²) in [6.07, 6.45) is -0.952. The molecule has 0 bridgehead atoms. The summed E-state index contributed by atoms with van der Waals surface area (Å²) < 4.78 is 4.13. The van der Waals surface area contributed by atoms with Crippen molar-refractivity contribution in [3.8, 4) is 0 Å². The Bertz CT molecular complexity index is 183. The van der Waals surface area contributed by atoms with Crippen LogP contribution >= 0.6 is 34.8 Å². The fourth-order valence-corrected chi connectivity index (χ4v) is 0.851. The Kier molecular flexibility index (Phi) is 6.24. The van der Waals surface area contributed by atoms with Crippen LogP contribution < -0.4 is 0 Å². The molecule has 0 aliphatic carbocycles. The third-order valence-corrected chi connectivity index (χ3v) is 1.57. The summed E-state index contributed by atoms with van der Waals surface area (Å²) in [6, 6.07) is 0. The summed E-state index contributed by atoms with van der Waals surface area (Å²) in [6.45, 7) is 0. The summed E-state index contributed by atoms with van der Waals surface area (Å²) in [5.74, 6) is -0.0192. The lowest BCUT2D eigenvalue weighted by molar-refractivity contribution is 0.0752. The molecule has 0 N–H and O–H groups in total. The zero-order valence-corrected chi connectivity index (χ0v) is 8.36. The standard InChI is InChI=1S/C5H6Cl3NO3/c1-11-5(10)12-9-3(2-6)4(7)8/h4H,2H2,1H3/b9-3+. The van der Waals surface area contributed by atoms with E-state index in [9.17, 15) is 4.79 Å². The van der Waals surface area contributed by atoms with Gasteiger partial charge in [0, 0.05) is 0 Å². The number of oxime groups is 1. The Morgan fingerprint density at radius 1 is 1.58 bits per heavy atom. The van der Waals surface area contributed by atoms with Crippen LogP contribution in [0, 0.1) is 0 Å². The molecule has 0 aromatic heterocycles. The SMILES string of the molecule is COC(=O)O/N=C(\CCl)C(Cl)Cl. The Labute approximate surface area is 84.3 Å². The second kappa shape index (κ2) is 6.34. The topological polar surface area (TPSA) is 47.9 Å². The summed E-state index contributed by atoms with van der Waals surface area (Å²) in [5.41, 5.74) is 0.144. The van der Waals surface area contributed by atoms with Gasteiger partial charge < -0.3 is 4.74 Å². The third kappa shape index (κ3) is 4.64. The Hall–Kier alpha value is -0.190. The molecule has 0 spiro atoms. The second-order valence-electron chi connectivity index (χ2n) is 1.56. The first kappa shape index (κ1) is 11.8. The van der Waals surface area contributed by atoms with Gasteiger partial charge in [0.1, 0.15) is 10.5 Å². The van der Waals surface area contributed by atoms with Crippen molar-refractivity contribution in [3.05, 3.63) is 0 Å². The number of alkyl halides is 3. The highest BCUT2D eigenvalue weighted by molar-refractivity contribution is 6.56. The molecule has 0 fully saturated rings. The number of hydrogen-bond acceptors (Lipinski definition) is 4. The maximum Gasteiger partial charge on any atom is 0.534 e. The molecule has 0 aliphatic rings. The van der Waals surface area contributed by atoms with E-state index < -0.39 is 11.0 Å².